The van der Waals surface area contributed by atoms with Gasteiger partial charge in [-0.15, -0.1) is 0 Å². The Morgan fingerprint density at radius 2 is 2.28 bits per heavy atom. The number of anilines is 1. The van der Waals surface area contributed by atoms with Crippen molar-refractivity contribution < 1.29 is 4.92 Å². The summed E-state index contributed by atoms with van der Waals surface area (Å²) in [5.74, 6) is 6.41. The van der Waals surface area contributed by atoms with Gasteiger partial charge in [0.05, 0.1) is 4.92 Å². The summed E-state index contributed by atoms with van der Waals surface area (Å²) >= 11 is 1.77. The Kier molecular flexibility index (Phi) is 5.90. The molecule has 1 aromatic rings. The average Bonchev–Trinajstić information content (AvgIpc) is 2.35. The van der Waals surface area contributed by atoms with E-state index >= 15 is 0 Å². The summed E-state index contributed by atoms with van der Waals surface area (Å²) in [6.45, 7) is 1.55. The minimum absolute atomic E-state index is 0.00765. The first-order chi connectivity index (χ1) is 8.60. The van der Waals surface area contributed by atoms with Crippen LogP contribution in [0.2, 0.25) is 0 Å². The number of hydrogen-bond acceptors (Lipinski definition) is 6. The molecule has 0 amide bonds. The van der Waals surface area contributed by atoms with E-state index in [0.29, 0.717) is 12.2 Å². The molecule has 100 valence electrons. The molecule has 0 aliphatic heterocycles. The van der Waals surface area contributed by atoms with E-state index in [0.717, 1.165) is 17.9 Å². The summed E-state index contributed by atoms with van der Waals surface area (Å²) < 4.78 is 0. The number of benzene rings is 1. The molecule has 6 nitrogen and oxygen atoms in total. The van der Waals surface area contributed by atoms with Crippen molar-refractivity contribution in [3.05, 3.63) is 33.9 Å². The van der Waals surface area contributed by atoms with Gasteiger partial charge >= 0.3 is 0 Å². The smallest absolute Gasteiger partial charge is 0.293 e. The fourth-order valence-electron chi connectivity index (χ4n) is 1.65. The highest BCUT2D eigenvalue weighted by Gasteiger charge is 2.17. The number of nitrogens with two attached hydrogens (primary N) is 1. The summed E-state index contributed by atoms with van der Waals surface area (Å²) in [5, 5.41) is 10.9. The van der Waals surface area contributed by atoms with E-state index in [1.807, 2.05) is 19.4 Å². The number of para-hydroxylation sites is 1. The van der Waals surface area contributed by atoms with Crippen LogP contribution in [0.5, 0.6) is 0 Å². The van der Waals surface area contributed by atoms with Gasteiger partial charge in [0.1, 0.15) is 5.69 Å². The maximum absolute atomic E-state index is 10.9. The number of hydrogen-bond donors (Lipinski definition) is 2. The number of thioether (sulfide) groups is 1. The number of nitrogens with zero attached hydrogens (tertiary/aromatic N) is 2. The second-order valence-corrected chi connectivity index (χ2v) is 4.93. The fourth-order valence-corrected chi connectivity index (χ4v) is 2.15. The Morgan fingerprint density at radius 3 is 2.83 bits per heavy atom. The van der Waals surface area contributed by atoms with Crippen LogP contribution in [0, 0.1) is 10.1 Å². The quantitative estimate of drug-likeness (QED) is 0.445. The Bertz CT molecular complexity index is 414. The van der Waals surface area contributed by atoms with Gasteiger partial charge in [0.2, 0.25) is 0 Å². The van der Waals surface area contributed by atoms with Crippen molar-refractivity contribution in [2.45, 2.75) is 6.54 Å². The predicted molar refractivity (Wildman–Crippen MR) is 75.6 cm³/mol. The lowest BCUT2D eigenvalue weighted by molar-refractivity contribution is -0.384. The molecule has 0 aromatic heterocycles. The van der Waals surface area contributed by atoms with Crippen LogP contribution in [0.1, 0.15) is 5.56 Å². The maximum Gasteiger partial charge on any atom is 0.293 e. The molecular weight excluding hydrogens is 252 g/mol. The number of nitro benzene ring substituents is 1. The summed E-state index contributed by atoms with van der Waals surface area (Å²) in [7, 11) is 1.98. The van der Waals surface area contributed by atoms with Crippen molar-refractivity contribution >= 4 is 23.1 Å². The third-order valence-electron chi connectivity index (χ3n) is 2.59. The Balaban J connectivity index is 2.88. The molecule has 0 bridgehead atoms. The van der Waals surface area contributed by atoms with Crippen LogP contribution in [0.3, 0.4) is 0 Å². The Labute approximate surface area is 111 Å². The van der Waals surface area contributed by atoms with Gasteiger partial charge in [-0.3, -0.25) is 16.0 Å². The van der Waals surface area contributed by atoms with Gasteiger partial charge in [0.15, 0.2) is 0 Å². The highest BCUT2D eigenvalue weighted by molar-refractivity contribution is 7.98. The van der Waals surface area contributed by atoms with Crippen molar-refractivity contribution in [1.29, 1.82) is 0 Å². The first kappa shape index (κ1) is 14.7. The SMILES string of the molecule is CSCCN(C)Cc1cccc([N+](=O)[O-])c1NN. The predicted octanol–water partition coefficient (Wildman–Crippen LogP) is 1.68. The van der Waals surface area contributed by atoms with E-state index in [1.165, 1.54) is 6.07 Å². The number of rotatable bonds is 7. The highest BCUT2D eigenvalue weighted by atomic mass is 32.2. The van der Waals surface area contributed by atoms with Crippen molar-refractivity contribution in [2.24, 2.45) is 5.84 Å². The standard InChI is InChI=1S/C11H18N4O2S/c1-14(6-7-18-2)8-9-4-3-5-10(15(16)17)11(9)13-12/h3-5,13H,6-8,12H2,1-2H3. The molecule has 7 heteroatoms. The summed E-state index contributed by atoms with van der Waals surface area (Å²) in [4.78, 5) is 12.6. The molecule has 18 heavy (non-hydrogen) atoms. The normalized spacial score (nSPS) is 10.7. The van der Waals surface area contributed by atoms with Crippen LogP contribution in [0.4, 0.5) is 11.4 Å². The molecule has 0 radical (unpaired) electrons. The van der Waals surface area contributed by atoms with Gasteiger partial charge in [-0.05, 0) is 18.9 Å². The van der Waals surface area contributed by atoms with Crippen LogP contribution in [-0.2, 0) is 6.54 Å². The molecule has 0 unspecified atom stereocenters. The molecule has 0 saturated carbocycles. The van der Waals surface area contributed by atoms with Gasteiger partial charge in [-0.25, -0.2) is 0 Å². The molecule has 0 spiro atoms. The molecular formula is C11H18N4O2S. The Hall–Kier alpha value is -1.31. The summed E-state index contributed by atoms with van der Waals surface area (Å²) in [6.07, 6.45) is 2.05. The van der Waals surface area contributed by atoms with Crippen molar-refractivity contribution in [1.82, 2.24) is 4.90 Å². The molecule has 0 saturated heterocycles. The van der Waals surface area contributed by atoms with E-state index in [4.69, 9.17) is 5.84 Å². The number of nitro groups is 1. The van der Waals surface area contributed by atoms with E-state index < -0.39 is 4.92 Å². The third-order valence-corrected chi connectivity index (χ3v) is 3.18. The molecule has 1 aromatic carbocycles. The molecule has 0 atom stereocenters. The number of nitrogen functional groups attached to an aromatic ring is 1. The molecule has 0 heterocycles. The fraction of sp³-hybridized carbons (Fsp3) is 0.455. The van der Waals surface area contributed by atoms with Gasteiger partial charge < -0.3 is 10.3 Å². The summed E-state index contributed by atoms with van der Waals surface area (Å²) in [6, 6.07) is 4.97. The Morgan fingerprint density at radius 1 is 1.56 bits per heavy atom. The van der Waals surface area contributed by atoms with Gasteiger partial charge in [0.25, 0.3) is 5.69 Å². The number of hydrazine groups is 1. The summed E-state index contributed by atoms with van der Waals surface area (Å²) in [5.41, 5.74) is 3.66. The molecule has 3 N–H and O–H groups in total. The molecule has 0 aliphatic rings. The van der Waals surface area contributed by atoms with Crippen LogP contribution >= 0.6 is 11.8 Å². The first-order valence-corrected chi connectivity index (χ1v) is 6.90. The van der Waals surface area contributed by atoms with Crippen LogP contribution in [0.15, 0.2) is 18.2 Å². The van der Waals surface area contributed by atoms with Crippen LogP contribution in [-0.4, -0.2) is 35.4 Å². The lowest BCUT2D eigenvalue weighted by atomic mass is 10.1. The zero-order valence-corrected chi connectivity index (χ0v) is 11.4. The van der Waals surface area contributed by atoms with Gasteiger partial charge in [0, 0.05) is 24.9 Å². The van der Waals surface area contributed by atoms with Crippen LogP contribution in [0.25, 0.3) is 0 Å². The minimum atomic E-state index is -0.430. The second-order valence-electron chi connectivity index (χ2n) is 3.94. The lowest BCUT2D eigenvalue weighted by Crippen LogP contribution is -2.22. The first-order valence-electron chi connectivity index (χ1n) is 5.50. The monoisotopic (exact) mass is 270 g/mol. The highest BCUT2D eigenvalue weighted by Crippen LogP contribution is 2.28. The van der Waals surface area contributed by atoms with Gasteiger partial charge in [-0.2, -0.15) is 11.8 Å². The van der Waals surface area contributed by atoms with E-state index in [1.54, 1.807) is 17.8 Å². The largest absolute Gasteiger partial charge is 0.318 e. The maximum atomic E-state index is 10.9. The van der Waals surface area contributed by atoms with E-state index in [2.05, 4.69) is 10.3 Å². The zero-order valence-electron chi connectivity index (χ0n) is 10.5. The van der Waals surface area contributed by atoms with Crippen molar-refractivity contribution in [3.63, 3.8) is 0 Å². The molecule has 1 rings (SSSR count). The van der Waals surface area contributed by atoms with Crippen molar-refractivity contribution in [3.8, 4) is 0 Å². The molecule has 0 aliphatic carbocycles. The third kappa shape index (κ3) is 3.86. The lowest BCUT2D eigenvalue weighted by Gasteiger charge is -2.18. The average molecular weight is 270 g/mol. The second kappa shape index (κ2) is 7.20. The van der Waals surface area contributed by atoms with Crippen LogP contribution < -0.4 is 11.3 Å². The van der Waals surface area contributed by atoms with E-state index in [9.17, 15) is 10.1 Å². The molecule has 0 fully saturated rings. The minimum Gasteiger partial charge on any atom is -0.318 e. The van der Waals surface area contributed by atoms with Gasteiger partial charge in [-0.1, -0.05) is 12.1 Å². The van der Waals surface area contributed by atoms with Crippen molar-refractivity contribution in [2.75, 3.05) is 31.0 Å². The topological polar surface area (TPSA) is 84.4 Å². The van der Waals surface area contributed by atoms with E-state index in [-0.39, 0.29) is 5.69 Å². The number of nitrogens with one attached hydrogen (secondary N) is 1. The zero-order chi connectivity index (χ0) is 13.5.